The Kier molecular flexibility index (Phi) is 7.00. The lowest BCUT2D eigenvalue weighted by Crippen LogP contribution is -2.70. The van der Waals surface area contributed by atoms with Crippen LogP contribution >= 0.6 is 23.5 Å². The number of hydrogen-bond acceptors (Lipinski definition) is 8. The van der Waals surface area contributed by atoms with E-state index in [-0.39, 0.29) is 21.8 Å². The SMILES string of the molecule is C[C@H]1[C@H](SCCCOC(=O)SC(C)(C)C)O[C@@H]2OC3(C)CC[C@H]4[C@H](C)CC[C@@H]1[C@@]24OO3. The second-order valence-electron chi connectivity index (χ2n) is 10.8. The van der Waals surface area contributed by atoms with Gasteiger partial charge in [-0.15, -0.1) is 11.8 Å². The van der Waals surface area contributed by atoms with E-state index in [2.05, 4.69) is 13.8 Å². The maximum absolute atomic E-state index is 11.9. The van der Waals surface area contributed by atoms with E-state index in [1.54, 1.807) is 11.8 Å². The zero-order chi connectivity index (χ0) is 22.4. The molecule has 178 valence electrons. The largest absolute Gasteiger partial charge is 0.458 e. The number of ether oxygens (including phenoxy) is 3. The summed E-state index contributed by atoms with van der Waals surface area (Å²) in [6.07, 6.45) is 4.64. The van der Waals surface area contributed by atoms with E-state index in [1.165, 1.54) is 18.2 Å². The predicted octanol–water partition coefficient (Wildman–Crippen LogP) is 5.99. The van der Waals surface area contributed by atoms with Crippen molar-refractivity contribution in [2.24, 2.45) is 23.7 Å². The normalized spacial score (nSPS) is 44.5. The first kappa shape index (κ1) is 24.1. The molecule has 4 saturated heterocycles. The van der Waals surface area contributed by atoms with Crippen LogP contribution in [-0.4, -0.2) is 45.5 Å². The van der Waals surface area contributed by atoms with Crippen molar-refractivity contribution in [1.82, 2.24) is 0 Å². The molecule has 31 heavy (non-hydrogen) atoms. The van der Waals surface area contributed by atoms with Gasteiger partial charge < -0.3 is 14.2 Å². The van der Waals surface area contributed by atoms with Crippen molar-refractivity contribution in [3.05, 3.63) is 0 Å². The van der Waals surface area contributed by atoms with Gasteiger partial charge in [-0.25, -0.2) is 14.6 Å². The molecule has 8 atom stereocenters. The van der Waals surface area contributed by atoms with Gasteiger partial charge in [0.1, 0.15) is 5.44 Å². The maximum atomic E-state index is 11.9. The topological polar surface area (TPSA) is 63.2 Å². The maximum Gasteiger partial charge on any atom is 0.367 e. The molecule has 5 fully saturated rings. The first-order valence-electron chi connectivity index (χ1n) is 11.7. The van der Waals surface area contributed by atoms with Gasteiger partial charge in [-0.3, -0.25) is 0 Å². The number of carbonyl (C=O) groups is 1. The van der Waals surface area contributed by atoms with E-state index >= 15 is 0 Å². The molecular formula is C23H38O6S2. The molecule has 1 saturated carbocycles. The Morgan fingerprint density at radius 3 is 2.65 bits per heavy atom. The molecule has 0 radical (unpaired) electrons. The number of fused-ring (bicyclic) bond motifs is 2. The molecule has 0 aromatic rings. The standard InChI is InChI=1S/C23H38O6S2/c1-14-8-9-17-15(2)18(30-13-7-12-25-20(24)31-21(3,4)5)26-19-23(17)16(14)10-11-22(6,27-19)28-29-23/h14-19H,7-13H2,1-6H3/t14-,15-,16+,17+,18+,19-,22?,23-/m1/s1. The highest BCUT2D eigenvalue weighted by Crippen LogP contribution is 2.61. The van der Waals surface area contributed by atoms with Gasteiger partial charge in [-0.1, -0.05) is 34.6 Å². The van der Waals surface area contributed by atoms with Crippen LogP contribution in [0.25, 0.3) is 0 Å². The number of hydrogen-bond donors (Lipinski definition) is 0. The van der Waals surface area contributed by atoms with Crippen molar-refractivity contribution in [1.29, 1.82) is 0 Å². The van der Waals surface area contributed by atoms with Crippen LogP contribution in [0.15, 0.2) is 0 Å². The molecule has 4 aliphatic heterocycles. The Labute approximate surface area is 195 Å². The Balaban J connectivity index is 1.35. The summed E-state index contributed by atoms with van der Waals surface area (Å²) < 4.78 is 18.2. The zero-order valence-corrected chi connectivity index (χ0v) is 21.3. The predicted molar refractivity (Wildman–Crippen MR) is 123 cm³/mol. The highest BCUT2D eigenvalue weighted by atomic mass is 32.2. The second-order valence-corrected chi connectivity index (χ2v) is 13.8. The van der Waals surface area contributed by atoms with Gasteiger partial charge in [0.2, 0.25) is 5.79 Å². The summed E-state index contributed by atoms with van der Waals surface area (Å²) in [5, 5.41) is -0.197. The van der Waals surface area contributed by atoms with Crippen LogP contribution in [0.5, 0.6) is 0 Å². The van der Waals surface area contributed by atoms with Crippen LogP contribution in [0.1, 0.15) is 73.6 Å². The molecule has 2 bridgehead atoms. The molecule has 1 spiro atoms. The van der Waals surface area contributed by atoms with Gasteiger partial charge in [0.25, 0.3) is 0 Å². The summed E-state index contributed by atoms with van der Waals surface area (Å²) in [6.45, 7) is 13.1. The van der Waals surface area contributed by atoms with Gasteiger partial charge in [-0.2, -0.15) is 0 Å². The number of rotatable bonds is 5. The lowest BCUT2D eigenvalue weighted by Gasteiger charge is -2.60. The summed E-state index contributed by atoms with van der Waals surface area (Å²) >= 11 is 3.04. The third-order valence-electron chi connectivity index (χ3n) is 7.28. The van der Waals surface area contributed by atoms with Gasteiger partial charge in [-0.05, 0) is 67.9 Å². The van der Waals surface area contributed by atoms with Crippen LogP contribution in [0.3, 0.4) is 0 Å². The summed E-state index contributed by atoms with van der Waals surface area (Å²) in [7, 11) is 0. The Morgan fingerprint density at radius 2 is 1.90 bits per heavy atom. The molecule has 5 rings (SSSR count). The smallest absolute Gasteiger partial charge is 0.367 e. The van der Waals surface area contributed by atoms with E-state index < -0.39 is 11.4 Å². The molecule has 1 unspecified atom stereocenters. The Morgan fingerprint density at radius 1 is 1.13 bits per heavy atom. The molecule has 0 amide bonds. The van der Waals surface area contributed by atoms with Gasteiger partial charge in [0.15, 0.2) is 11.9 Å². The van der Waals surface area contributed by atoms with E-state index in [1.807, 2.05) is 27.7 Å². The van der Waals surface area contributed by atoms with Crippen LogP contribution in [0, 0.1) is 23.7 Å². The van der Waals surface area contributed by atoms with Gasteiger partial charge >= 0.3 is 5.30 Å². The molecule has 0 N–H and O–H groups in total. The number of thioether (sulfide) groups is 2. The lowest BCUT2D eigenvalue weighted by molar-refractivity contribution is -0.568. The molecule has 0 aromatic heterocycles. The van der Waals surface area contributed by atoms with E-state index in [4.69, 9.17) is 24.0 Å². The van der Waals surface area contributed by atoms with Crippen molar-refractivity contribution in [2.45, 2.75) is 102 Å². The van der Waals surface area contributed by atoms with Crippen LogP contribution in [0.4, 0.5) is 4.79 Å². The van der Waals surface area contributed by atoms with Gasteiger partial charge in [0.05, 0.1) is 6.61 Å². The average Bonchev–Trinajstić information content (AvgIpc) is 2.90. The minimum atomic E-state index is -0.730. The Hall–Kier alpha value is 0.01000. The average molecular weight is 475 g/mol. The summed E-state index contributed by atoms with van der Waals surface area (Å²) in [4.78, 5) is 24.0. The molecule has 5 aliphatic rings. The fourth-order valence-corrected chi connectivity index (χ4v) is 7.59. The first-order valence-corrected chi connectivity index (χ1v) is 13.6. The van der Waals surface area contributed by atoms with Crippen molar-refractivity contribution in [3.63, 3.8) is 0 Å². The first-order chi connectivity index (χ1) is 14.5. The van der Waals surface area contributed by atoms with Crippen LogP contribution < -0.4 is 0 Å². The molecule has 8 heteroatoms. The summed E-state index contributed by atoms with van der Waals surface area (Å²) in [6, 6.07) is 0. The molecule has 0 aromatic carbocycles. The number of carbonyl (C=O) groups excluding carboxylic acids is 1. The van der Waals surface area contributed by atoms with Gasteiger partial charge in [0, 0.05) is 17.1 Å². The second kappa shape index (κ2) is 8.99. The lowest BCUT2D eigenvalue weighted by atomic mass is 9.58. The zero-order valence-electron chi connectivity index (χ0n) is 19.7. The fourth-order valence-electron chi connectivity index (χ4n) is 5.76. The fraction of sp³-hybridized carbons (Fsp3) is 0.957. The minimum absolute atomic E-state index is 0.0425. The van der Waals surface area contributed by atoms with E-state index in [9.17, 15) is 4.79 Å². The van der Waals surface area contributed by atoms with Crippen molar-refractivity contribution >= 4 is 28.8 Å². The summed E-state index contributed by atoms with van der Waals surface area (Å²) in [5.74, 6) is 1.81. The molecule has 6 nitrogen and oxygen atoms in total. The van der Waals surface area contributed by atoms with Crippen molar-refractivity contribution in [2.75, 3.05) is 12.4 Å². The van der Waals surface area contributed by atoms with Crippen LogP contribution in [-0.2, 0) is 24.0 Å². The highest BCUT2D eigenvalue weighted by Gasteiger charge is 2.69. The monoisotopic (exact) mass is 474 g/mol. The molecule has 1 aliphatic carbocycles. The van der Waals surface area contributed by atoms with Crippen LogP contribution in [0.2, 0.25) is 0 Å². The third-order valence-corrected chi connectivity index (χ3v) is 9.57. The van der Waals surface area contributed by atoms with Crippen molar-refractivity contribution in [3.8, 4) is 0 Å². The molecule has 4 heterocycles. The molecular weight excluding hydrogens is 436 g/mol. The van der Waals surface area contributed by atoms with Crippen molar-refractivity contribution < 1.29 is 28.8 Å². The third kappa shape index (κ3) is 4.80. The minimum Gasteiger partial charge on any atom is -0.458 e. The Bertz CT molecular complexity index is 669. The summed E-state index contributed by atoms with van der Waals surface area (Å²) in [5.41, 5.74) is -0.454. The van der Waals surface area contributed by atoms with E-state index in [0.29, 0.717) is 30.3 Å². The van der Waals surface area contributed by atoms with E-state index in [0.717, 1.165) is 31.4 Å². The quantitative estimate of drug-likeness (QED) is 0.274. The highest BCUT2D eigenvalue weighted by molar-refractivity contribution is 8.14.